The van der Waals surface area contributed by atoms with Gasteiger partial charge in [0.05, 0.1) is 17.8 Å². The van der Waals surface area contributed by atoms with Gasteiger partial charge < -0.3 is 4.74 Å². The second kappa shape index (κ2) is 4.28. The molecule has 1 aromatic heterocycles. The molecule has 0 saturated carbocycles. The van der Waals surface area contributed by atoms with Crippen molar-refractivity contribution in [2.45, 2.75) is 0 Å². The van der Waals surface area contributed by atoms with Crippen molar-refractivity contribution < 1.29 is 4.74 Å². The zero-order valence-corrected chi connectivity index (χ0v) is 8.90. The predicted octanol–water partition coefficient (Wildman–Crippen LogP) is 2.81. The monoisotopic (exact) mass is 220 g/mol. The van der Waals surface area contributed by atoms with Gasteiger partial charge in [0.1, 0.15) is 5.75 Å². The predicted molar refractivity (Wildman–Crippen MR) is 59.0 cm³/mol. The van der Waals surface area contributed by atoms with Crippen LogP contribution < -0.4 is 4.74 Å². The molecule has 15 heavy (non-hydrogen) atoms. The van der Waals surface area contributed by atoms with Crippen molar-refractivity contribution in [1.29, 1.82) is 0 Å². The molecule has 0 N–H and O–H groups in total. The average molecular weight is 221 g/mol. The van der Waals surface area contributed by atoms with E-state index in [0.717, 1.165) is 11.3 Å². The Morgan fingerprint density at radius 3 is 2.73 bits per heavy atom. The third-order valence-corrected chi connectivity index (χ3v) is 2.32. The van der Waals surface area contributed by atoms with Crippen LogP contribution in [0.2, 0.25) is 5.02 Å². The normalized spacial score (nSPS) is 10.0. The fourth-order valence-corrected chi connectivity index (χ4v) is 1.61. The highest BCUT2D eigenvalue weighted by atomic mass is 35.5. The molecule has 3 nitrogen and oxygen atoms in total. The fourth-order valence-electron chi connectivity index (χ4n) is 1.36. The fraction of sp³-hybridized carbons (Fsp3) is 0.0909. The number of rotatable bonds is 2. The van der Waals surface area contributed by atoms with Gasteiger partial charge >= 0.3 is 0 Å². The number of halogens is 1. The molecule has 0 aliphatic heterocycles. The van der Waals surface area contributed by atoms with Crippen LogP contribution in [0.15, 0.2) is 36.5 Å². The summed E-state index contributed by atoms with van der Waals surface area (Å²) < 4.78 is 5.23. The van der Waals surface area contributed by atoms with Crippen LogP contribution in [0.3, 0.4) is 0 Å². The van der Waals surface area contributed by atoms with E-state index in [1.54, 1.807) is 19.4 Å². The van der Waals surface area contributed by atoms with Crippen LogP contribution >= 0.6 is 11.6 Å². The highest BCUT2D eigenvalue weighted by molar-refractivity contribution is 6.32. The summed E-state index contributed by atoms with van der Waals surface area (Å²) >= 11 is 6.01. The van der Waals surface area contributed by atoms with Crippen LogP contribution in [0.1, 0.15) is 0 Å². The van der Waals surface area contributed by atoms with Gasteiger partial charge in [0, 0.05) is 11.8 Å². The van der Waals surface area contributed by atoms with Crippen molar-refractivity contribution in [1.82, 2.24) is 10.2 Å². The first-order chi connectivity index (χ1) is 7.33. The highest BCUT2D eigenvalue weighted by Crippen LogP contribution is 2.34. The van der Waals surface area contributed by atoms with Gasteiger partial charge in [-0.05, 0) is 24.3 Å². The van der Waals surface area contributed by atoms with E-state index in [1.807, 2.05) is 24.3 Å². The van der Waals surface area contributed by atoms with E-state index in [9.17, 15) is 0 Å². The molecule has 0 aliphatic carbocycles. The third kappa shape index (κ3) is 1.92. The lowest BCUT2D eigenvalue weighted by Gasteiger charge is -2.08. The van der Waals surface area contributed by atoms with Crippen molar-refractivity contribution in [2.24, 2.45) is 0 Å². The number of aromatic nitrogens is 2. The lowest BCUT2D eigenvalue weighted by molar-refractivity contribution is 0.416. The van der Waals surface area contributed by atoms with Gasteiger partial charge in [-0.3, -0.25) is 0 Å². The van der Waals surface area contributed by atoms with E-state index in [0.29, 0.717) is 10.8 Å². The minimum absolute atomic E-state index is 0.570. The number of hydrogen-bond donors (Lipinski definition) is 0. The smallest absolute Gasteiger partial charge is 0.146 e. The molecule has 0 aliphatic rings. The SMILES string of the molecule is COc1c(Cl)cccc1-c1cccnn1. The summed E-state index contributed by atoms with van der Waals surface area (Å²) in [5, 5.41) is 8.40. The number of hydrogen-bond acceptors (Lipinski definition) is 3. The number of para-hydroxylation sites is 1. The maximum Gasteiger partial charge on any atom is 0.146 e. The van der Waals surface area contributed by atoms with E-state index < -0.39 is 0 Å². The Kier molecular flexibility index (Phi) is 2.83. The van der Waals surface area contributed by atoms with Crippen LogP contribution in [0, 0.1) is 0 Å². The molecule has 0 saturated heterocycles. The van der Waals surface area contributed by atoms with Crippen molar-refractivity contribution in [2.75, 3.05) is 7.11 Å². The second-order valence-electron chi connectivity index (χ2n) is 2.93. The maximum atomic E-state index is 6.01. The summed E-state index contributed by atoms with van der Waals surface area (Å²) in [5.41, 5.74) is 1.59. The van der Waals surface area contributed by atoms with Crippen LogP contribution in [0.4, 0.5) is 0 Å². The average Bonchev–Trinajstić information content (AvgIpc) is 2.30. The van der Waals surface area contributed by atoms with Crippen LogP contribution in [0.25, 0.3) is 11.3 Å². The van der Waals surface area contributed by atoms with Crippen molar-refractivity contribution in [3.63, 3.8) is 0 Å². The summed E-state index contributed by atoms with van der Waals surface area (Å²) in [6, 6.07) is 9.22. The summed E-state index contributed by atoms with van der Waals surface area (Å²) in [7, 11) is 1.58. The Morgan fingerprint density at radius 2 is 2.07 bits per heavy atom. The first kappa shape index (κ1) is 9.93. The van der Waals surface area contributed by atoms with E-state index >= 15 is 0 Å². The topological polar surface area (TPSA) is 35.0 Å². The lowest BCUT2D eigenvalue weighted by Crippen LogP contribution is -1.91. The quantitative estimate of drug-likeness (QED) is 0.781. The maximum absolute atomic E-state index is 6.01. The van der Waals surface area contributed by atoms with Crippen LogP contribution in [-0.2, 0) is 0 Å². The Bertz CT molecular complexity index is 459. The third-order valence-electron chi connectivity index (χ3n) is 2.02. The van der Waals surface area contributed by atoms with Gasteiger partial charge in [0.2, 0.25) is 0 Å². The van der Waals surface area contributed by atoms with E-state index in [4.69, 9.17) is 16.3 Å². The molecule has 76 valence electrons. The number of ether oxygens (including phenoxy) is 1. The minimum atomic E-state index is 0.570. The van der Waals surface area contributed by atoms with E-state index in [-0.39, 0.29) is 0 Å². The van der Waals surface area contributed by atoms with E-state index in [2.05, 4.69) is 10.2 Å². The van der Waals surface area contributed by atoms with Gasteiger partial charge in [-0.15, -0.1) is 0 Å². The van der Waals surface area contributed by atoms with Gasteiger partial charge in [-0.1, -0.05) is 17.7 Å². The molecular weight excluding hydrogens is 212 g/mol. The van der Waals surface area contributed by atoms with Gasteiger partial charge in [-0.25, -0.2) is 0 Å². The van der Waals surface area contributed by atoms with Crippen LogP contribution in [0.5, 0.6) is 5.75 Å². The summed E-state index contributed by atoms with van der Waals surface area (Å²) in [6.07, 6.45) is 1.63. The summed E-state index contributed by atoms with van der Waals surface area (Å²) in [4.78, 5) is 0. The van der Waals surface area contributed by atoms with Crippen molar-refractivity contribution in [3.8, 4) is 17.0 Å². The van der Waals surface area contributed by atoms with Crippen molar-refractivity contribution in [3.05, 3.63) is 41.6 Å². The zero-order chi connectivity index (χ0) is 10.7. The minimum Gasteiger partial charge on any atom is -0.494 e. The van der Waals surface area contributed by atoms with Gasteiger partial charge in [-0.2, -0.15) is 10.2 Å². The molecule has 0 fully saturated rings. The Balaban J connectivity index is 2.58. The zero-order valence-electron chi connectivity index (χ0n) is 8.14. The molecule has 1 heterocycles. The van der Waals surface area contributed by atoms with E-state index in [1.165, 1.54) is 0 Å². The second-order valence-corrected chi connectivity index (χ2v) is 3.34. The molecule has 0 atom stereocenters. The molecule has 2 aromatic rings. The molecule has 0 unspecified atom stereocenters. The lowest BCUT2D eigenvalue weighted by atomic mass is 10.1. The summed E-state index contributed by atoms with van der Waals surface area (Å²) in [5.74, 6) is 0.625. The molecule has 2 rings (SSSR count). The van der Waals surface area contributed by atoms with Gasteiger partial charge in [0.15, 0.2) is 0 Å². The molecule has 0 spiro atoms. The number of benzene rings is 1. The Morgan fingerprint density at radius 1 is 1.20 bits per heavy atom. The largest absolute Gasteiger partial charge is 0.494 e. The molecular formula is C11H9ClN2O. The van der Waals surface area contributed by atoms with Gasteiger partial charge in [0.25, 0.3) is 0 Å². The first-order valence-corrected chi connectivity index (χ1v) is 4.81. The number of methoxy groups -OCH3 is 1. The summed E-state index contributed by atoms with van der Waals surface area (Å²) in [6.45, 7) is 0. The van der Waals surface area contributed by atoms with Crippen molar-refractivity contribution >= 4 is 11.6 Å². The highest BCUT2D eigenvalue weighted by Gasteiger charge is 2.09. The Labute approximate surface area is 92.7 Å². The Hall–Kier alpha value is -1.61. The first-order valence-electron chi connectivity index (χ1n) is 4.43. The molecule has 0 radical (unpaired) electrons. The molecule has 0 bridgehead atoms. The molecule has 4 heteroatoms. The molecule has 1 aromatic carbocycles. The standard InChI is InChI=1S/C11H9ClN2O/c1-15-11-8(4-2-5-9(11)12)10-6-3-7-13-14-10/h2-7H,1H3. The molecule has 0 amide bonds. The van der Waals surface area contributed by atoms with Crippen LogP contribution in [-0.4, -0.2) is 17.3 Å². The number of nitrogens with zero attached hydrogens (tertiary/aromatic N) is 2.